The standard InChI is InChI=1S/C11H18O3/c1-6-13-7-8-9(12)11(4,5)14-10(8,2)3/h7H,6H2,1-5H3/b8-7+. The van der Waals surface area contributed by atoms with Gasteiger partial charge in [-0.2, -0.15) is 0 Å². The molecule has 0 N–H and O–H groups in total. The van der Waals surface area contributed by atoms with Gasteiger partial charge in [0.05, 0.1) is 24.0 Å². The summed E-state index contributed by atoms with van der Waals surface area (Å²) in [5.74, 6) is 0.0101. The number of carbonyl (C=O) groups excluding carboxylic acids is 1. The van der Waals surface area contributed by atoms with Crippen molar-refractivity contribution in [2.75, 3.05) is 6.61 Å². The summed E-state index contributed by atoms with van der Waals surface area (Å²) in [6.07, 6.45) is 1.52. The molecular weight excluding hydrogens is 180 g/mol. The molecule has 0 unspecified atom stereocenters. The largest absolute Gasteiger partial charge is 0.501 e. The first-order valence-corrected chi connectivity index (χ1v) is 4.88. The summed E-state index contributed by atoms with van der Waals surface area (Å²) in [4.78, 5) is 11.9. The molecule has 0 atom stereocenters. The smallest absolute Gasteiger partial charge is 0.196 e. The zero-order valence-corrected chi connectivity index (χ0v) is 9.51. The van der Waals surface area contributed by atoms with E-state index in [1.807, 2.05) is 20.8 Å². The van der Waals surface area contributed by atoms with Crippen LogP contribution in [0.1, 0.15) is 34.6 Å². The van der Waals surface area contributed by atoms with Crippen LogP contribution in [0.3, 0.4) is 0 Å². The van der Waals surface area contributed by atoms with E-state index in [0.29, 0.717) is 12.2 Å². The predicted molar refractivity (Wildman–Crippen MR) is 54.0 cm³/mol. The van der Waals surface area contributed by atoms with E-state index in [9.17, 15) is 4.79 Å². The fourth-order valence-corrected chi connectivity index (χ4v) is 1.70. The molecule has 0 aromatic rings. The topological polar surface area (TPSA) is 35.5 Å². The number of ether oxygens (including phenoxy) is 2. The summed E-state index contributed by atoms with van der Waals surface area (Å²) >= 11 is 0. The molecule has 1 saturated heterocycles. The monoisotopic (exact) mass is 198 g/mol. The third kappa shape index (κ3) is 1.82. The lowest BCUT2D eigenvalue weighted by Crippen LogP contribution is -2.29. The molecule has 0 saturated carbocycles. The fourth-order valence-electron chi connectivity index (χ4n) is 1.70. The summed E-state index contributed by atoms with van der Waals surface area (Å²) in [6.45, 7) is 9.77. The Balaban J connectivity index is 3.00. The van der Waals surface area contributed by atoms with Gasteiger partial charge in [0.15, 0.2) is 5.78 Å². The van der Waals surface area contributed by atoms with Gasteiger partial charge in [0, 0.05) is 0 Å². The van der Waals surface area contributed by atoms with Crippen LogP contribution >= 0.6 is 0 Å². The van der Waals surface area contributed by atoms with Crippen LogP contribution < -0.4 is 0 Å². The molecule has 0 bridgehead atoms. The molecule has 1 heterocycles. The van der Waals surface area contributed by atoms with E-state index in [2.05, 4.69) is 0 Å². The number of Topliss-reactive ketones (excluding diaryl/α,β-unsaturated/α-hetero) is 1. The first-order chi connectivity index (χ1) is 6.31. The zero-order valence-electron chi connectivity index (χ0n) is 9.51. The van der Waals surface area contributed by atoms with Crippen LogP contribution in [0.25, 0.3) is 0 Å². The maximum atomic E-state index is 11.9. The average Bonchev–Trinajstić information content (AvgIpc) is 2.16. The molecular formula is C11H18O3. The predicted octanol–water partition coefficient (Wildman–Crippen LogP) is 2.06. The molecule has 1 aliphatic rings. The van der Waals surface area contributed by atoms with E-state index >= 15 is 0 Å². The van der Waals surface area contributed by atoms with Crippen molar-refractivity contribution >= 4 is 5.78 Å². The van der Waals surface area contributed by atoms with Crippen molar-refractivity contribution in [2.45, 2.75) is 45.8 Å². The van der Waals surface area contributed by atoms with Gasteiger partial charge in [0.2, 0.25) is 0 Å². The molecule has 0 radical (unpaired) electrons. The molecule has 80 valence electrons. The molecule has 0 amide bonds. The van der Waals surface area contributed by atoms with E-state index in [1.165, 1.54) is 6.26 Å². The Morgan fingerprint density at radius 3 is 2.21 bits per heavy atom. The van der Waals surface area contributed by atoms with Crippen molar-refractivity contribution in [3.05, 3.63) is 11.8 Å². The quantitative estimate of drug-likeness (QED) is 0.503. The third-order valence-corrected chi connectivity index (χ3v) is 2.32. The van der Waals surface area contributed by atoms with Crippen LogP contribution in [0.5, 0.6) is 0 Å². The first kappa shape index (κ1) is 11.2. The van der Waals surface area contributed by atoms with E-state index in [0.717, 1.165) is 0 Å². The van der Waals surface area contributed by atoms with Crippen LogP contribution in [0.15, 0.2) is 11.8 Å². The van der Waals surface area contributed by atoms with E-state index in [4.69, 9.17) is 9.47 Å². The summed E-state index contributed by atoms with van der Waals surface area (Å²) in [7, 11) is 0. The molecule has 3 heteroatoms. The van der Waals surface area contributed by atoms with Crippen molar-refractivity contribution in [2.24, 2.45) is 0 Å². The highest BCUT2D eigenvalue weighted by Crippen LogP contribution is 2.38. The summed E-state index contributed by atoms with van der Waals surface area (Å²) in [5.41, 5.74) is -0.660. The summed E-state index contributed by atoms with van der Waals surface area (Å²) in [6, 6.07) is 0. The highest BCUT2D eigenvalue weighted by Gasteiger charge is 2.49. The second-order valence-corrected chi connectivity index (χ2v) is 4.44. The number of rotatable bonds is 2. The molecule has 1 rings (SSSR count). The van der Waals surface area contributed by atoms with E-state index in [1.54, 1.807) is 13.8 Å². The Labute approximate surface area is 85.1 Å². The lowest BCUT2D eigenvalue weighted by Gasteiger charge is -2.21. The van der Waals surface area contributed by atoms with E-state index < -0.39 is 11.2 Å². The second-order valence-electron chi connectivity index (χ2n) is 4.44. The Hall–Kier alpha value is -0.830. The molecule has 0 aliphatic carbocycles. The van der Waals surface area contributed by atoms with Gasteiger partial charge in [-0.15, -0.1) is 0 Å². The van der Waals surface area contributed by atoms with Crippen molar-refractivity contribution in [3.63, 3.8) is 0 Å². The van der Waals surface area contributed by atoms with Gasteiger partial charge in [-0.05, 0) is 34.6 Å². The number of ketones is 1. The molecule has 0 spiro atoms. The minimum Gasteiger partial charge on any atom is -0.501 e. The first-order valence-electron chi connectivity index (χ1n) is 4.88. The summed E-state index contributed by atoms with van der Waals surface area (Å²) in [5, 5.41) is 0. The van der Waals surface area contributed by atoms with Gasteiger partial charge >= 0.3 is 0 Å². The van der Waals surface area contributed by atoms with Gasteiger partial charge in [-0.1, -0.05) is 0 Å². The fraction of sp³-hybridized carbons (Fsp3) is 0.727. The summed E-state index contributed by atoms with van der Waals surface area (Å²) < 4.78 is 10.8. The molecule has 0 aromatic carbocycles. The molecule has 14 heavy (non-hydrogen) atoms. The second kappa shape index (κ2) is 3.39. The highest BCUT2D eigenvalue weighted by atomic mass is 16.5. The minimum absolute atomic E-state index is 0.0101. The number of hydrogen-bond acceptors (Lipinski definition) is 3. The number of hydrogen-bond donors (Lipinski definition) is 0. The van der Waals surface area contributed by atoms with Crippen LogP contribution in [0, 0.1) is 0 Å². The van der Waals surface area contributed by atoms with Gasteiger partial charge in [0.25, 0.3) is 0 Å². The SMILES string of the molecule is CCO/C=C1\C(=O)C(C)(C)OC1(C)C. The Kier molecular flexibility index (Phi) is 2.72. The van der Waals surface area contributed by atoms with Crippen molar-refractivity contribution in [1.82, 2.24) is 0 Å². The van der Waals surface area contributed by atoms with Crippen molar-refractivity contribution in [1.29, 1.82) is 0 Å². The Bertz CT molecular complexity index is 274. The molecule has 1 fully saturated rings. The van der Waals surface area contributed by atoms with Gasteiger partial charge < -0.3 is 9.47 Å². The van der Waals surface area contributed by atoms with Crippen molar-refractivity contribution in [3.8, 4) is 0 Å². The number of carbonyl (C=O) groups is 1. The maximum Gasteiger partial charge on any atom is 0.196 e. The van der Waals surface area contributed by atoms with Crippen molar-refractivity contribution < 1.29 is 14.3 Å². The van der Waals surface area contributed by atoms with E-state index in [-0.39, 0.29) is 5.78 Å². The van der Waals surface area contributed by atoms with Crippen LogP contribution in [0.4, 0.5) is 0 Å². The Morgan fingerprint density at radius 2 is 1.86 bits per heavy atom. The zero-order chi connectivity index (χ0) is 11.0. The van der Waals surface area contributed by atoms with Crippen LogP contribution in [0.2, 0.25) is 0 Å². The van der Waals surface area contributed by atoms with Gasteiger partial charge in [-0.25, -0.2) is 0 Å². The van der Waals surface area contributed by atoms with Gasteiger partial charge in [-0.3, -0.25) is 4.79 Å². The van der Waals surface area contributed by atoms with Crippen LogP contribution in [-0.4, -0.2) is 23.6 Å². The lowest BCUT2D eigenvalue weighted by atomic mass is 9.94. The average molecular weight is 198 g/mol. The van der Waals surface area contributed by atoms with Crippen LogP contribution in [-0.2, 0) is 14.3 Å². The molecule has 0 aromatic heterocycles. The third-order valence-electron chi connectivity index (χ3n) is 2.32. The minimum atomic E-state index is -0.730. The molecule has 1 aliphatic heterocycles. The highest BCUT2D eigenvalue weighted by molar-refractivity contribution is 6.04. The normalized spacial score (nSPS) is 26.9. The Morgan fingerprint density at radius 1 is 1.29 bits per heavy atom. The van der Waals surface area contributed by atoms with Gasteiger partial charge in [0.1, 0.15) is 5.60 Å². The molecule has 3 nitrogen and oxygen atoms in total. The lowest BCUT2D eigenvalue weighted by molar-refractivity contribution is -0.132. The maximum absolute atomic E-state index is 11.9.